The Balaban J connectivity index is 1.43. The van der Waals surface area contributed by atoms with E-state index in [9.17, 15) is 9.59 Å². The molecular formula is C25H37N3O4. The average Bonchev–Trinajstić information content (AvgIpc) is 3.38. The number of carbonyl (C=O) groups excluding carboxylic acids is 2. The summed E-state index contributed by atoms with van der Waals surface area (Å²) < 4.78 is 10.6. The Morgan fingerprint density at radius 3 is 1.94 bits per heavy atom. The van der Waals surface area contributed by atoms with E-state index in [1.807, 2.05) is 4.90 Å². The van der Waals surface area contributed by atoms with Gasteiger partial charge in [-0.05, 0) is 50.2 Å². The van der Waals surface area contributed by atoms with E-state index in [0.717, 1.165) is 51.9 Å². The molecule has 4 rings (SSSR count). The van der Waals surface area contributed by atoms with Gasteiger partial charge >= 0.3 is 0 Å². The number of nitrogens with zero attached hydrogens (tertiary/aromatic N) is 3. The molecule has 0 radical (unpaired) electrons. The highest BCUT2D eigenvalue weighted by atomic mass is 16.5. The number of ether oxygens (including phenoxy) is 2. The van der Waals surface area contributed by atoms with Crippen molar-refractivity contribution in [1.82, 2.24) is 14.7 Å². The maximum absolute atomic E-state index is 13.5. The third kappa shape index (κ3) is 5.03. The minimum atomic E-state index is -0.0234. The van der Waals surface area contributed by atoms with Gasteiger partial charge < -0.3 is 19.3 Å². The molecule has 2 amide bonds. The minimum absolute atomic E-state index is 0.0124. The van der Waals surface area contributed by atoms with Crippen LogP contribution in [0, 0.1) is 5.92 Å². The summed E-state index contributed by atoms with van der Waals surface area (Å²) >= 11 is 0. The Labute approximate surface area is 191 Å². The number of amides is 2. The van der Waals surface area contributed by atoms with Gasteiger partial charge in [-0.15, -0.1) is 0 Å². The van der Waals surface area contributed by atoms with Crippen molar-refractivity contribution in [1.29, 1.82) is 0 Å². The smallest absolute Gasteiger partial charge is 0.254 e. The van der Waals surface area contributed by atoms with Crippen molar-refractivity contribution >= 4 is 11.8 Å². The zero-order valence-corrected chi connectivity index (χ0v) is 19.6. The number of piperazine rings is 1. The highest BCUT2D eigenvalue weighted by Gasteiger charge is 2.39. The Bertz CT molecular complexity index is 772. The molecular weight excluding hydrogens is 406 g/mol. The predicted molar refractivity (Wildman–Crippen MR) is 123 cm³/mol. The summed E-state index contributed by atoms with van der Waals surface area (Å²) in [5, 5.41) is 0. The van der Waals surface area contributed by atoms with Gasteiger partial charge in [-0.25, -0.2) is 0 Å². The predicted octanol–water partition coefficient (Wildman–Crippen LogP) is 3.03. The lowest BCUT2D eigenvalue weighted by Gasteiger charge is -2.43. The molecule has 1 aliphatic carbocycles. The van der Waals surface area contributed by atoms with E-state index < -0.39 is 0 Å². The standard InChI is InChI=1S/C25H37N3O4/c1-31-21-16-20(17-22(18-21)32-2)24(29)28-14-12-26(13-15-28)23(19-8-4-5-9-19)25(30)27-10-6-3-7-11-27/h16-19,23H,3-15H2,1-2H3. The first-order chi connectivity index (χ1) is 15.6. The Kier molecular flexibility index (Phi) is 7.55. The maximum atomic E-state index is 13.5. The third-order valence-electron chi connectivity index (χ3n) is 7.36. The topological polar surface area (TPSA) is 62.3 Å². The van der Waals surface area contributed by atoms with Gasteiger partial charge in [0.15, 0.2) is 0 Å². The van der Waals surface area contributed by atoms with E-state index in [4.69, 9.17) is 9.47 Å². The number of benzene rings is 1. The lowest BCUT2D eigenvalue weighted by Crippen LogP contribution is -2.59. The number of carbonyl (C=O) groups is 2. The summed E-state index contributed by atoms with van der Waals surface area (Å²) in [5.41, 5.74) is 0.575. The summed E-state index contributed by atoms with van der Waals surface area (Å²) in [5.74, 6) is 1.99. The molecule has 32 heavy (non-hydrogen) atoms. The van der Waals surface area contributed by atoms with Crippen LogP contribution < -0.4 is 9.47 Å². The highest BCUT2D eigenvalue weighted by molar-refractivity contribution is 5.95. The van der Waals surface area contributed by atoms with Crippen molar-refractivity contribution in [3.05, 3.63) is 23.8 Å². The van der Waals surface area contributed by atoms with Crippen LogP contribution in [0.25, 0.3) is 0 Å². The molecule has 1 aromatic rings. The molecule has 2 heterocycles. The van der Waals surface area contributed by atoms with Gasteiger partial charge in [-0.3, -0.25) is 14.5 Å². The molecule has 0 aromatic heterocycles. The van der Waals surface area contributed by atoms with Gasteiger partial charge in [0.1, 0.15) is 11.5 Å². The van der Waals surface area contributed by atoms with Gasteiger partial charge in [-0.2, -0.15) is 0 Å². The third-order valence-corrected chi connectivity index (χ3v) is 7.36. The van der Waals surface area contributed by atoms with Crippen LogP contribution in [0.15, 0.2) is 18.2 Å². The van der Waals surface area contributed by atoms with Crippen molar-refractivity contribution in [3.8, 4) is 11.5 Å². The van der Waals surface area contributed by atoms with Crippen LogP contribution >= 0.6 is 0 Å². The van der Waals surface area contributed by atoms with Crippen LogP contribution in [0.3, 0.4) is 0 Å². The monoisotopic (exact) mass is 443 g/mol. The summed E-state index contributed by atoms with van der Waals surface area (Å²) in [4.78, 5) is 33.1. The molecule has 3 aliphatic rings. The Hall–Kier alpha value is -2.28. The number of likely N-dealkylation sites (tertiary alicyclic amines) is 1. The summed E-state index contributed by atoms with van der Waals surface area (Å²) in [6.45, 7) is 4.56. The summed E-state index contributed by atoms with van der Waals surface area (Å²) in [6, 6.07) is 5.27. The summed E-state index contributed by atoms with van der Waals surface area (Å²) in [6.07, 6.45) is 8.22. The molecule has 176 valence electrons. The van der Waals surface area contributed by atoms with E-state index in [2.05, 4.69) is 9.80 Å². The minimum Gasteiger partial charge on any atom is -0.497 e. The van der Waals surface area contributed by atoms with Gasteiger partial charge in [-0.1, -0.05) is 12.8 Å². The van der Waals surface area contributed by atoms with Crippen molar-refractivity contribution in [2.24, 2.45) is 5.92 Å². The zero-order chi connectivity index (χ0) is 22.5. The molecule has 1 unspecified atom stereocenters. The molecule has 1 saturated carbocycles. The Morgan fingerprint density at radius 2 is 1.38 bits per heavy atom. The van der Waals surface area contributed by atoms with Crippen molar-refractivity contribution < 1.29 is 19.1 Å². The fourth-order valence-electron chi connectivity index (χ4n) is 5.55. The van der Waals surface area contributed by atoms with Gasteiger partial charge in [0.2, 0.25) is 5.91 Å². The fraction of sp³-hybridized carbons (Fsp3) is 0.680. The second-order valence-electron chi connectivity index (χ2n) is 9.30. The highest BCUT2D eigenvalue weighted by Crippen LogP contribution is 2.33. The number of hydrogen-bond donors (Lipinski definition) is 0. The fourth-order valence-corrected chi connectivity index (χ4v) is 5.55. The lowest BCUT2D eigenvalue weighted by molar-refractivity contribution is -0.140. The van der Waals surface area contributed by atoms with Crippen molar-refractivity contribution in [2.45, 2.75) is 51.0 Å². The molecule has 0 N–H and O–H groups in total. The van der Waals surface area contributed by atoms with Crippen LogP contribution in [0.1, 0.15) is 55.3 Å². The average molecular weight is 444 g/mol. The second-order valence-corrected chi connectivity index (χ2v) is 9.30. The molecule has 3 fully saturated rings. The van der Waals surface area contributed by atoms with E-state index in [1.54, 1.807) is 32.4 Å². The molecule has 0 bridgehead atoms. The molecule has 2 saturated heterocycles. The van der Waals surface area contributed by atoms with Crippen LogP contribution in [-0.2, 0) is 4.79 Å². The van der Waals surface area contributed by atoms with Crippen LogP contribution in [-0.4, -0.2) is 86.0 Å². The first kappa shape index (κ1) is 22.9. The second kappa shape index (κ2) is 10.6. The SMILES string of the molecule is COc1cc(OC)cc(C(=O)N2CCN(C(C(=O)N3CCCCC3)C3CCCC3)CC2)c1. The van der Waals surface area contributed by atoms with Gasteiger partial charge in [0.25, 0.3) is 5.91 Å². The largest absolute Gasteiger partial charge is 0.497 e. The quantitative estimate of drug-likeness (QED) is 0.676. The molecule has 0 spiro atoms. The van der Waals surface area contributed by atoms with E-state index in [-0.39, 0.29) is 11.9 Å². The van der Waals surface area contributed by atoms with Crippen molar-refractivity contribution in [2.75, 3.05) is 53.5 Å². The Morgan fingerprint density at radius 1 is 0.781 bits per heavy atom. The number of methoxy groups -OCH3 is 2. The molecule has 1 atom stereocenters. The maximum Gasteiger partial charge on any atom is 0.254 e. The van der Waals surface area contributed by atoms with E-state index in [0.29, 0.717) is 42.0 Å². The number of rotatable bonds is 6. The molecule has 2 aliphatic heterocycles. The number of piperidine rings is 1. The first-order valence-electron chi connectivity index (χ1n) is 12.2. The molecule has 1 aromatic carbocycles. The lowest BCUT2D eigenvalue weighted by atomic mass is 9.93. The van der Waals surface area contributed by atoms with E-state index >= 15 is 0 Å². The van der Waals surface area contributed by atoms with Crippen LogP contribution in [0.4, 0.5) is 0 Å². The number of hydrogen-bond acceptors (Lipinski definition) is 5. The van der Waals surface area contributed by atoms with Gasteiger partial charge in [0, 0.05) is 50.9 Å². The zero-order valence-electron chi connectivity index (χ0n) is 19.6. The molecule has 7 heteroatoms. The summed E-state index contributed by atoms with van der Waals surface area (Å²) in [7, 11) is 3.18. The first-order valence-corrected chi connectivity index (χ1v) is 12.2. The van der Waals surface area contributed by atoms with Crippen molar-refractivity contribution in [3.63, 3.8) is 0 Å². The molecule has 7 nitrogen and oxygen atoms in total. The van der Waals surface area contributed by atoms with Crippen LogP contribution in [0.5, 0.6) is 11.5 Å². The normalized spacial score (nSPS) is 21.4. The van der Waals surface area contributed by atoms with Crippen LogP contribution in [0.2, 0.25) is 0 Å². The van der Waals surface area contributed by atoms with E-state index in [1.165, 1.54) is 19.3 Å². The van der Waals surface area contributed by atoms with Gasteiger partial charge in [0.05, 0.1) is 20.3 Å².